The van der Waals surface area contributed by atoms with Crippen molar-refractivity contribution in [1.82, 2.24) is 10.2 Å². The topological polar surface area (TPSA) is 32.3 Å². The number of benzene rings is 1. The van der Waals surface area contributed by atoms with Crippen LogP contribution in [0.5, 0.6) is 0 Å². The van der Waals surface area contributed by atoms with E-state index in [1.54, 1.807) is 4.90 Å². The molecule has 1 heterocycles. The van der Waals surface area contributed by atoms with Crippen LogP contribution in [0, 0.1) is 11.6 Å². The Morgan fingerprint density at radius 2 is 2.12 bits per heavy atom. The molecule has 5 heteroatoms. The maximum absolute atomic E-state index is 12.9. The molecule has 2 rings (SSSR count). The van der Waals surface area contributed by atoms with Crippen molar-refractivity contribution in [2.75, 3.05) is 19.6 Å². The number of carbonyl (C=O) groups is 1. The Bertz CT molecular complexity index is 409. The molecule has 0 atom stereocenters. The quantitative estimate of drug-likeness (QED) is 0.812. The first kappa shape index (κ1) is 11.0. The summed E-state index contributed by atoms with van der Waals surface area (Å²) in [7, 11) is 0. The third kappa shape index (κ3) is 2.36. The summed E-state index contributed by atoms with van der Waals surface area (Å²) in [6, 6.07) is 3.70. The van der Waals surface area contributed by atoms with Gasteiger partial charge in [-0.05, 0) is 17.7 Å². The summed E-state index contributed by atoms with van der Waals surface area (Å²) >= 11 is 0. The van der Waals surface area contributed by atoms with Crippen LogP contribution in [-0.2, 0) is 11.3 Å². The van der Waals surface area contributed by atoms with Crippen LogP contribution in [0.3, 0.4) is 0 Å². The molecule has 3 nitrogen and oxygen atoms in total. The minimum atomic E-state index is -0.875. The zero-order valence-electron chi connectivity index (χ0n) is 8.67. The molecule has 86 valence electrons. The third-order valence-corrected chi connectivity index (χ3v) is 2.54. The number of hydrogen-bond donors (Lipinski definition) is 1. The lowest BCUT2D eigenvalue weighted by Crippen LogP contribution is -2.47. The molecular formula is C11H12F2N2O. The molecule has 1 fully saturated rings. The normalized spacial score (nSPS) is 16.6. The van der Waals surface area contributed by atoms with Crippen molar-refractivity contribution < 1.29 is 13.6 Å². The average Bonchev–Trinajstić information content (AvgIpc) is 2.27. The Kier molecular flexibility index (Phi) is 3.14. The predicted octanol–water partition coefficient (Wildman–Crippen LogP) is 0.897. The van der Waals surface area contributed by atoms with Crippen molar-refractivity contribution in [2.24, 2.45) is 0 Å². The Morgan fingerprint density at radius 1 is 1.31 bits per heavy atom. The maximum Gasteiger partial charge on any atom is 0.236 e. The molecule has 0 radical (unpaired) electrons. The van der Waals surface area contributed by atoms with E-state index in [-0.39, 0.29) is 5.91 Å². The molecule has 0 spiro atoms. The van der Waals surface area contributed by atoms with E-state index in [0.29, 0.717) is 25.2 Å². The summed E-state index contributed by atoms with van der Waals surface area (Å²) in [6.07, 6.45) is 0. The van der Waals surface area contributed by atoms with Gasteiger partial charge in [-0.25, -0.2) is 8.78 Å². The molecule has 1 N–H and O–H groups in total. The first-order valence-corrected chi connectivity index (χ1v) is 5.09. The molecule has 1 aliphatic rings. The van der Waals surface area contributed by atoms with Gasteiger partial charge in [-0.15, -0.1) is 0 Å². The van der Waals surface area contributed by atoms with Crippen molar-refractivity contribution in [3.05, 3.63) is 35.4 Å². The number of nitrogens with zero attached hydrogens (tertiary/aromatic N) is 1. The second-order valence-corrected chi connectivity index (χ2v) is 3.74. The van der Waals surface area contributed by atoms with Crippen LogP contribution in [0.25, 0.3) is 0 Å². The van der Waals surface area contributed by atoms with Crippen molar-refractivity contribution in [1.29, 1.82) is 0 Å². The average molecular weight is 226 g/mol. The van der Waals surface area contributed by atoms with E-state index >= 15 is 0 Å². The largest absolute Gasteiger partial charge is 0.336 e. The number of rotatable bonds is 2. The van der Waals surface area contributed by atoms with Gasteiger partial charge in [0.15, 0.2) is 11.6 Å². The molecule has 0 saturated carbocycles. The van der Waals surface area contributed by atoms with Gasteiger partial charge in [-0.3, -0.25) is 4.79 Å². The molecule has 0 aliphatic carbocycles. The number of carbonyl (C=O) groups excluding carboxylic acids is 1. The van der Waals surface area contributed by atoms with Gasteiger partial charge in [-0.1, -0.05) is 6.07 Å². The minimum absolute atomic E-state index is 0.0176. The highest BCUT2D eigenvalue weighted by Crippen LogP contribution is 2.11. The highest BCUT2D eigenvalue weighted by molar-refractivity contribution is 5.78. The highest BCUT2D eigenvalue weighted by atomic mass is 19.2. The number of nitrogens with one attached hydrogen (secondary N) is 1. The van der Waals surface area contributed by atoms with Crippen LogP contribution >= 0.6 is 0 Å². The van der Waals surface area contributed by atoms with Gasteiger partial charge in [0, 0.05) is 19.6 Å². The van der Waals surface area contributed by atoms with Gasteiger partial charge in [0.25, 0.3) is 0 Å². The molecule has 1 amide bonds. The van der Waals surface area contributed by atoms with Gasteiger partial charge < -0.3 is 10.2 Å². The highest BCUT2D eigenvalue weighted by Gasteiger charge is 2.17. The molecule has 1 aromatic carbocycles. The van der Waals surface area contributed by atoms with Crippen LogP contribution in [0.4, 0.5) is 8.78 Å². The molecule has 1 saturated heterocycles. The number of hydrogen-bond acceptors (Lipinski definition) is 2. The smallest absolute Gasteiger partial charge is 0.236 e. The van der Waals surface area contributed by atoms with Crippen LogP contribution in [0.1, 0.15) is 5.56 Å². The number of amides is 1. The third-order valence-electron chi connectivity index (χ3n) is 2.54. The molecule has 0 bridgehead atoms. The Balaban J connectivity index is 2.08. The van der Waals surface area contributed by atoms with Gasteiger partial charge >= 0.3 is 0 Å². The first-order chi connectivity index (χ1) is 7.66. The summed E-state index contributed by atoms with van der Waals surface area (Å²) in [6.45, 7) is 1.97. The van der Waals surface area contributed by atoms with Gasteiger partial charge in [0.2, 0.25) is 5.91 Å². The van der Waals surface area contributed by atoms with E-state index in [0.717, 1.165) is 18.7 Å². The monoisotopic (exact) mass is 226 g/mol. The molecule has 0 aromatic heterocycles. The van der Waals surface area contributed by atoms with Crippen molar-refractivity contribution in [3.63, 3.8) is 0 Å². The SMILES string of the molecule is O=C1CNCCN1Cc1ccc(F)c(F)c1. The lowest BCUT2D eigenvalue weighted by molar-refractivity contribution is -0.132. The molecule has 16 heavy (non-hydrogen) atoms. The molecule has 0 unspecified atom stereocenters. The standard InChI is InChI=1S/C11H12F2N2O/c12-9-2-1-8(5-10(9)13)7-15-4-3-14-6-11(15)16/h1-2,5,14H,3-4,6-7H2. The van der Waals surface area contributed by atoms with E-state index < -0.39 is 11.6 Å². The fourth-order valence-corrected chi connectivity index (χ4v) is 1.67. The lowest BCUT2D eigenvalue weighted by Gasteiger charge is -2.27. The van der Waals surface area contributed by atoms with Crippen molar-refractivity contribution in [2.45, 2.75) is 6.54 Å². The van der Waals surface area contributed by atoms with E-state index in [4.69, 9.17) is 0 Å². The van der Waals surface area contributed by atoms with Crippen LogP contribution in [0.15, 0.2) is 18.2 Å². The summed E-state index contributed by atoms with van der Waals surface area (Å²) in [4.78, 5) is 13.1. The van der Waals surface area contributed by atoms with Crippen molar-refractivity contribution >= 4 is 5.91 Å². The van der Waals surface area contributed by atoms with E-state index in [2.05, 4.69) is 5.32 Å². The maximum atomic E-state index is 12.9. The summed E-state index contributed by atoms with van der Waals surface area (Å²) in [5, 5.41) is 2.95. The second kappa shape index (κ2) is 4.57. The Morgan fingerprint density at radius 3 is 2.81 bits per heavy atom. The van der Waals surface area contributed by atoms with E-state index in [1.165, 1.54) is 6.07 Å². The van der Waals surface area contributed by atoms with Crippen LogP contribution < -0.4 is 5.32 Å². The molecule has 1 aromatic rings. The van der Waals surface area contributed by atoms with Crippen LogP contribution in [-0.4, -0.2) is 30.4 Å². The molecule has 1 aliphatic heterocycles. The Hall–Kier alpha value is -1.49. The van der Waals surface area contributed by atoms with E-state index in [9.17, 15) is 13.6 Å². The fourth-order valence-electron chi connectivity index (χ4n) is 1.67. The minimum Gasteiger partial charge on any atom is -0.336 e. The van der Waals surface area contributed by atoms with E-state index in [1.807, 2.05) is 0 Å². The van der Waals surface area contributed by atoms with Gasteiger partial charge in [-0.2, -0.15) is 0 Å². The zero-order chi connectivity index (χ0) is 11.5. The lowest BCUT2D eigenvalue weighted by atomic mass is 10.2. The first-order valence-electron chi connectivity index (χ1n) is 5.09. The predicted molar refractivity (Wildman–Crippen MR) is 54.6 cm³/mol. The van der Waals surface area contributed by atoms with Crippen LogP contribution in [0.2, 0.25) is 0 Å². The summed E-state index contributed by atoms with van der Waals surface area (Å²) in [5.41, 5.74) is 0.606. The second-order valence-electron chi connectivity index (χ2n) is 3.74. The summed E-state index contributed by atoms with van der Waals surface area (Å²) in [5.74, 6) is -1.76. The molecular weight excluding hydrogens is 214 g/mol. The number of piperazine rings is 1. The van der Waals surface area contributed by atoms with Gasteiger partial charge in [0.05, 0.1) is 6.54 Å². The fraction of sp³-hybridized carbons (Fsp3) is 0.364. The summed E-state index contributed by atoms with van der Waals surface area (Å²) < 4.78 is 25.6. The zero-order valence-corrected chi connectivity index (χ0v) is 8.67. The van der Waals surface area contributed by atoms with Gasteiger partial charge in [0.1, 0.15) is 0 Å². The number of halogens is 2. The Labute approximate surface area is 92.1 Å². The van der Waals surface area contributed by atoms with Crippen molar-refractivity contribution in [3.8, 4) is 0 Å².